The first-order chi connectivity index (χ1) is 16.0. The molecule has 1 amide bonds. The second-order valence-corrected chi connectivity index (χ2v) is 7.47. The highest BCUT2D eigenvalue weighted by molar-refractivity contribution is 6.35. The van der Waals surface area contributed by atoms with E-state index >= 15 is 0 Å². The predicted octanol–water partition coefficient (Wildman–Crippen LogP) is 5.12. The first-order valence-electron chi connectivity index (χ1n) is 9.82. The van der Waals surface area contributed by atoms with Crippen molar-refractivity contribution in [1.82, 2.24) is 5.43 Å². The summed E-state index contributed by atoms with van der Waals surface area (Å²) in [6.07, 6.45) is 1.49. The van der Waals surface area contributed by atoms with Crippen molar-refractivity contribution in [3.63, 3.8) is 0 Å². The molecule has 9 heteroatoms. The lowest BCUT2D eigenvalue weighted by Crippen LogP contribution is -2.24. The topological polar surface area (TPSA) is 78.4 Å². The molecule has 3 aromatic rings. The van der Waals surface area contributed by atoms with E-state index < -0.39 is 5.91 Å². The van der Waals surface area contributed by atoms with Crippen molar-refractivity contribution in [2.24, 2.45) is 5.10 Å². The Balaban J connectivity index is 1.53. The van der Waals surface area contributed by atoms with Crippen LogP contribution in [0.2, 0.25) is 10.0 Å². The maximum Gasteiger partial charge on any atom is 0.277 e. The maximum atomic E-state index is 11.9. The van der Waals surface area contributed by atoms with Crippen LogP contribution in [0.1, 0.15) is 11.1 Å². The first kappa shape index (κ1) is 24.2. The molecule has 0 atom stereocenters. The molecule has 0 saturated carbocycles. The van der Waals surface area contributed by atoms with E-state index in [-0.39, 0.29) is 13.2 Å². The molecule has 0 aromatic heterocycles. The zero-order valence-electron chi connectivity index (χ0n) is 18.0. The Labute approximate surface area is 201 Å². The minimum Gasteiger partial charge on any atom is -0.497 e. The molecule has 0 aliphatic carbocycles. The zero-order valence-corrected chi connectivity index (χ0v) is 19.5. The molecule has 0 bridgehead atoms. The highest BCUT2D eigenvalue weighted by Gasteiger charge is 2.10. The molecule has 0 saturated heterocycles. The van der Waals surface area contributed by atoms with Crippen molar-refractivity contribution < 1.29 is 23.7 Å². The third-order valence-electron chi connectivity index (χ3n) is 4.45. The van der Waals surface area contributed by atoms with Gasteiger partial charge in [0.2, 0.25) is 0 Å². The van der Waals surface area contributed by atoms with Gasteiger partial charge in [-0.05, 0) is 60.2 Å². The van der Waals surface area contributed by atoms with Gasteiger partial charge in [0, 0.05) is 15.6 Å². The summed E-state index contributed by atoms with van der Waals surface area (Å²) in [5.41, 5.74) is 3.80. The van der Waals surface area contributed by atoms with Crippen LogP contribution in [0.3, 0.4) is 0 Å². The number of hydrazone groups is 1. The Hall–Kier alpha value is -3.42. The molecule has 0 heterocycles. The van der Waals surface area contributed by atoms with E-state index in [1.807, 2.05) is 0 Å². The van der Waals surface area contributed by atoms with Gasteiger partial charge in [0.1, 0.15) is 18.1 Å². The number of carbonyl (C=O) groups is 1. The molecule has 0 radical (unpaired) electrons. The standard InChI is InChI=1S/C24H22Cl2N2O5/c1-30-17-7-9-18(10-8-17)32-15-24(29)28-27-13-16-6-11-22(23(12-16)31-2)33-14-19-20(25)4-3-5-21(19)26/h3-13H,14-15H2,1-2H3,(H,28,29)/b27-13+. The molecule has 0 spiro atoms. The van der Waals surface area contributed by atoms with Gasteiger partial charge in [-0.25, -0.2) is 5.43 Å². The number of nitrogens with zero attached hydrogens (tertiary/aromatic N) is 1. The fraction of sp³-hybridized carbons (Fsp3) is 0.167. The largest absolute Gasteiger partial charge is 0.497 e. The monoisotopic (exact) mass is 488 g/mol. The number of rotatable bonds is 10. The van der Waals surface area contributed by atoms with E-state index in [1.165, 1.54) is 13.3 Å². The third kappa shape index (κ3) is 7.03. The van der Waals surface area contributed by atoms with Crippen LogP contribution in [0.15, 0.2) is 65.8 Å². The first-order valence-corrected chi connectivity index (χ1v) is 10.6. The van der Waals surface area contributed by atoms with Gasteiger partial charge >= 0.3 is 0 Å². The van der Waals surface area contributed by atoms with Crippen LogP contribution in [0, 0.1) is 0 Å². The summed E-state index contributed by atoms with van der Waals surface area (Å²) >= 11 is 12.4. The summed E-state index contributed by atoms with van der Waals surface area (Å²) in [5, 5.41) is 5.00. The van der Waals surface area contributed by atoms with Crippen LogP contribution in [0.4, 0.5) is 0 Å². The molecule has 172 valence electrons. The Morgan fingerprint density at radius 2 is 1.61 bits per heavy atom. The van der Waals surface area contributed by atoms with E-state index in [9.17, 15) is 4.79 Å². The number of nitrogens with one attached hydrogen (secondary N) is 1. The Morgan fingerprint density at radius 3 is 2.27 bits per heavy atom. The number of amides is 1. The molecule has 3 rings (SSSR count). The Kier molecular flexibility index (Phi) is 8.80. The lowest BCUT2D eigenvalue weighted by atomic mass is 10.2. The Morgan fingerprint density at radius 1 is 0.909 bits per heavy atom. The van der Waals surface area contributed by atoms with Gasteiger partial charge < -0.3 is 18.9 Å². The van der Waals surface area contributed by atoms with Crippen LogP contribution in [-0.2, 0) is 11.4 Å². The summed E-state index contributed by atoms with van der Waals surface area (Å²) in [6.45, 7) is 0.0108. The van der Waals surface area contributed by atoms with E-state index in [0.717, 1.165) is 0 Å². The molecular weight excluding hydrogens is 467 g/mol. The number of methoxy groups -OCH3 is 2. The van der Waals surface area contributed by atoms with E-state index in [2.05, 4.69) is 10.5 Å². The van der Waals surface area contributed by atoms with E-state index in [4.69, 9.17) is 42.1 Å². The quantitative estimate of drug-likeness (QED) is 0.316. The van der Waals surface area contributed by atoms with Crippen LogP contribution < -0.4 is 24.4 Å². The fourth-order valence-electron chi connectivity index (χ4n) is 2.74. The number of hydrogen-bond acceptors (Lipinski definition) is 6. The summed E-state index contributed by atoms with van der Waals surface area (Å²) < 4.78 is 21.7. The lowest BCUT2D eigenvalue weighted by molar-refractivity contribution is -0.123. The number of carbonyl (C=O) groups excluding carboxylic acids is 1. The number of benzene rings is 3. The minimum atomic E-state index is -0.398. The van der Waals surface area contributed by atoms with Crippen LogP contribution in [-0.4, -0.2) is 32.9 Å². The smallest absolute Gasteiger partial charge is 0.277 e. The van der Waals surface area contributed by atoms with Gasteiger partial charge in [-0.3, -0.25) is 4.79 Å². The molecule has 33 heavy (non-hydrogen) atoms. The van der Waals surface area contributed by atoms with Gasteiger partial charge in [-0.15, -0.1) is 0 Å². The van der Waals surface area contributed by atoms with Gasteiger partial charge in [0.05, 0.1) is 20.4 Å². The highest BCUT2D eigenvalue weighted by Crippen LogP contribution is 2.31. The van der Waals surface area contributed by atoms with Crippen LogP contribution >= 0.6 is 23.2 Å². The molecule has 0 aliphatic rings. The summed E-state index contributed by atoms with van der Waals surface area (Å²) in [4.78, 5) is 11.9. The van der Waals surface area contributed by atoms with Gasteiger partial charge in [-0.1, -0.05) is 29.3 Å². The number of halogens is 2. The van der Waals surface area contributed by atoms with Crippen molar-refractivity contribution in [3.05, 3.63) is 81.8 Å². The fourth-order valence-corrected chi connectivity index (χ4v) is 3.24. The summed E-state index contributed by atoms with van der Waals surface area (Å²) in [5.74, 6) is 1.87. The average molecular weight is 489 g/mol. The Bertz CT molecular complexity index is 1100. The SMILES string of the molecule is COc1ccc(OCC(=O)N/N=C/c2ccc(OCc3c(Cl)cccc3Cl)c(OC)c2)cc1. The molecule has 7 nitrogen and oxygen atoms in total. The van der Waals surface area contributed by atoms with Crippen molar-refractivity contribution >= 4 is 35.3 Å². The van der Waals surface area contributed by atoms with Crippen molar-refractivity contribution in [2.75, 3.05) is 20.8 Å². The van der Waals surface area contributed by atoms with E-state index in [0.29, 0.717) is 44.2 Å². The third-order valence-corrected chi connectivity index (χ3v) is 5.16. The molecule has 1 N–H and O–H groups in total. The molecular formula is C24H22Cl2N2O5. The molecule has 0 aliphatic heterocycles. The zero-order chi connectivity index (χ0) is 23.6. The minimum absolute atomic E-state index is 0.176. The van der Waals surface area contributed by atoms with Gasteiger partial charge in [-0.2, -0.15) is 5.10 Å². The molecule has 0 unspecified atom stereocenters. The molecule has 3 aromatic carbocycles. The number of ether oxygens (including phenoxy) is 4. The van der Waals surface area contributed by atoms with Crippen molar-refractivity contribution in [2.45, 2.75) is 6.61 Å². The van der Waals surface area contributed by atoms with E-state index in [1.54, 1.807) is 67.8 Å². The van der Waals surface area contributed by atoms with Crippen molar-refractivity contribution in [3.8, 4) is 23.0 Å². The molecule has 0 fully saturated rings. The summed E-state index contributed by atoms with van der Waals surface area (Å²) in [7, 11) is 3.11. The van der Waals surface area contributed by atoms with Gasteiger partial charge in [0.15, 0.2) is 18.1 Å². The van der Waals surface area contributed by atoms with Crippen LogP contribution in [0.5, 0.6) is 23.0 Å². The van der Waals surface area contributed by atoms with Crippen LogP contribution in [0.25, 0.3) is 0 Å². The maximum absolute atomic E-state index is 11.9. The normalized spacial score (nSPS) is 10.7. The average Bonchev–Trinajstić information content (AvgIpc) is 2.83. The number of hydrogen-bond donors (Lipinski definition) is 1. The van der Waals surface area contributed by atoms with Crippen molar-refractivity contribution in [1.29, 1.82) is 0 Å². The lowest BCUT2D eigenvalue weighted by Gasteiger charge is -2.13. The second kappa shape index (κ2) is 12.0. The summed E-state index contributed by atoms with van der Waals surface area (Å²) in [6, 6.07) is 17.4. The highest BCUT2D eigenvalue weighted by atomic mass is 35.5. The predicted molar refractivity (Wildman–Crippen MR) is 128 cm³/mol. The second-order valence-electron chi connectivity index (χ2n) is 6.66. The van der Waals surface area contributed by atoms with Gasteiger partial charge in [0.25, 0.3) is 5.91 Å².